The first-order chi connectivity index (χ1) is 13.0. The fourth-order valence-electron chi connectivity index (χ4n) is 2.10. The van der Waals surface area contributed by atoms with E-state index in [-0.39, 0.29) is 32.3 Å². The van der Waals surface area contributed by atoms with Crippen molar-refractivity contribution in [2.75, 3.05) is 33.6 Å². The van der Waals surface area contributed by atoms with Crippen LogP contribution in [0.4, 0.5) is 0 Å². The van der Waals surface area contributed by atoms with Crippen LogP contribution in [0.5, 0.6) is 11.5 Å². The first-order valence-corrected chi connectivity index (χ1v) is 8.16. The normalized spacial score (nSPS) is 11.4. The highest BCUT2D eigenvalue weighted by atomic mass is 16.7. The van der Waals surface area contributed by atoms with Gasteiger partial charge in [-0.1, -0.05) is 0 Å². The second kappa shape index (κ2) is 10.00. The Kier molecular flexibility index (Phi) is 7.41. The van der Waals surface area contributed by atoms with E-state index in [9.17, 15) is 19.2 Å². The third kappa shape index (κ3) is 6.49. The number of ether oxygens (including phenoxy) is 4. The molecular formula is C17H20N2O8. The van der Waals surface area contributed by atoms with E-state index in [0.29, 0.717) is 23.5 Å². The van der Waals surface area contributed by atoms with Crippen LogP contribution < -0.4 is 20.1 Å². The Morgan fingerprint density at radius 2 is 1.85 bits per heavy atom. The van der Waals surface area contributed by atoms with Crippen LogP contribution in [0.1, 0.15) is 23.2 Å². The van der Waals surface area contributed by atoms with Gasteiger partial charge in [0.15, 0.2) is 18.1 Å². The van der Waals surface area contributed by atoms with Crippen molar-refractivity contribution in [3.63, 3.8) is 0 Å². The van der Waals surface area contributed by atoms with Gasteiger partial charge in [0.2, 0.25) is 6.79 Å². The molecule has 0 spiro atoms. The van der Waals surface area contributed by atoms with Crippen LogP contribution >= 0.6 is 0 Å². The first-order valence-electron chi connectivity index (χ1n) is 8.16. The number of nitrogens with one attached hydrogen (secondary N) is 2. The Morgan fingerprint density at radius 1 is 1.07 bits per heavy atom. The van der Waals surface area contributed by atoms with Gasteiger partial charge in [-0.2, -0.15) is 0 Å². The van der Waals surface area contributed by atoms with Gasteiger partial charge in [0.25, 0.3) is 11.8 Å². The maximum absolute atomic E-state index is 12.0. The summed E-state index contributed by atoms with van der Waals surface area (Å²) < 4.78 is 19.6. The fraction of sp³-hybridized carbons (Fsp3) is 0.412. The lowest BCUT2D eigenvalue weighted by Gasteiger charge is -2.08. The number of esters is 2. The zero-order valence-electron chi connectivity index (χ0n) is 14.7. The van der Waals surface area contributed by atoms with Gasteiger partial charge in [-0.25, -0.2) is 0 Å². The number of amides is 2. The standard InChI is InChI=1S/C17H20N2O8/c1-24-15(21)3-2-6-18-14(20)9-25-16(22)8-19-17(23)11-4-5-12-13(7-11)27-10-26-12/h4-5,7H,2-3,6,8-10H2,1H3,(H,18,20)(H,19,23). The molecule has 0 aromatic heterocycles. The lowest BCUT2D eigenvalue weighted by atomic mass is 10.2. The van der Waals surface area contributed by atoms with E-state index in [2.05, 4.69) is 15.4 Å². The molecule has 0 saturated carbocycles. The molecule has 0 aliphatic carbocycles. The van der Waals surface area contributed by atoms with E-state index in [1.807, 2.05) is 0 Å². The van der Waals surface area contributed by atoms with Crippen molar-refractivity contribution < 1.29 is 38.1 Å². The molecule has 2 rings (SSSR count). The SMILES string of the molecule is COC(=O)CCCNC(=O)COC(=O)CNC(=O)c1ccc2c(c1)OCO2. The summed E-state index contributed by atoms with van der Waals surface area (Å²) in [6.45, 7) is -0.510. The Hall–Kier alpha value is -3.30. The zero-order chi connectivity index (χ0) is 19.6. The lowest BCUT2D eigenvalue weighted by Crippen LogP contribution is -2.34. The number of carbonyl (C=O) groups excluding carboxylic acids is 4. The number of hydrogen-bond acceptors (Lipinski definition) is 8. The molecule has 1 aromatic carbocycles. The molecule has 27 heavy (non-hydrogen) atoms. The minimum atomic E-state index is -0.756. The Morgan fingerprint density at radius 3 is 2.63 bits per heavy atom. The summed E-state index contributed by atoms with van der Waals surface area (Å²) in [5.41, 5.74) is 0.301. The number of hydrogen-bond donors (Lipinski definition) is 2. The van der Waals surface area contributed by atoms with Crippen molar-refractivity contribution in [3.8, 4) is 11.5 Å². The van der Waals surface area contributed by atoms with Gasteiger partial charge < -0.3 is 29.6 Å². The summed E-state index contributed by atoms with van der Waals surface area (Å²) in [6, 6.07) is 4.64. The number of fused-ring (bicyclic) bond motifs is 1. The van der Waals surface area contributed by atoms with Gasteiger partial charge in [0.05, 0.1) is 7.11 Å². The molecule has 1 aliphatic heterocycles. The van der Waals surface area contributed by atoms with Crippen LogP contribution in [0.25, 0.3) is 0 Å². The quantitative estimate of drug-likeness (QED) is 0.443. The fourth-order valence-corrected chi connectivity index (χ4v) is 2.10. The molecular weight excluding hydrogens is 360 g/mol. The summed E-state index contributed by atoms with van der Waals surface area (Å²) in [6.07, 6.45) is 0.598. The van der Waals surface area contributed by atoms with Crippen LogP contribution in [0.3, 0.4) is 0 Å². The second-order valence-corrected chi connectivity index (χ2v) is 5.44. The van der Waals surface area contributed by atoms with Gasteiger partial charge in [0, 0.05) is 18.5 Å². The topological polar surface area (TPSA) is 129 Å². The van der Waals surface area contributed by atoms with Gasteiger partial charge in [0.1, 0.15) is 6.54 Å². The minimum absolute atomic E-state index is 0.0947. The molecule has 1 aliphatic rings. The molecule has 0 radical (unpaired) electrons. The molecule has 0 fully saturated rings. The summed E-state index contributed by atoms with van der Waals surface area (Å²) >= 11 is 0. The first kappa shape index (κ1) is 20.0. The summed E-state index contributed by atoms with van der Waals surface area (Å²) in [4.78, 5) is 46.0. The average Bonchev–Trinajstić information content (AvgIpc) is 3.15. The lowest BCUT2D eigenvalue weighted by molar-refractivity contribution is -0.147. The highest BCUT2D eigenvalue weighted by molar-refractivity contribution is 5.96. The average molecular weight is 380 g/mol. The number of benzene rings is 1. The van der Waals surface area contributed by atoms with Crippen LogP contribution in [0.15, 0.2) is 18.2 Å². The Bertz CT molecular complexity index is 719. The number of rotatable bonds is 9. The maximum Gasteiger partial charge on any atom is 0.325 e. The van der Waals surface area contributed by atoms with Crippen molar-refractivity contribution in [1.82, 2.24) is 10.6 Å². The third-order valence-corrected chi connectivity index (χ3v) is 3.50. The second-order valence-electron chi connectivity index (χ2n) is 5.44. The van der Waals surface area contributed by atoms with E-state index < -0.39 is 24.4 Å². The molecule has 0 atom stereocenters. The van der Waals surface area contributed by atoms with Crippen molar-refractivity contribution in [2.45, 2.75) is 12.8 Å². The predicted octanol–water partition coefficient (Wildman–Crippen LogP) is -0.242. The highest BCUT2D eigenvalue weighted by Crippen LogP contribution is 2.32. The molecule has 0 bridgehead atoms. The van der Waals surface area contributed by atoms with Crippen LogP contribution in [-0.4, -0.2) is 57.4 Å². The van der Waals surface area contributed by atoms with E-state index >= 15 is 0 Å². The number of methoxy groups -OCH3 is 1. The molecule has 2 amide bonds. The smallest absolute Gasteiger partial charge is 0.325 e. The van der Waals surface area contributed by atoms with Crippen LogP contribution in [-0.2, 0) is 23.9 Å². The van der Waals surface area contributed by atoms with E-state index in [4.69, 9.17) is 14.2 Å². The van der Waals surface area contributed by atoms with E-state index in [0.717, 1.165) is 0 Å². The van der Waals surface area contributed by atoms with Crippen LogP contribution in [0.2, 0.25) is 0 Å². The molecule has 0 saturated heterocycles. The van der Waals surface area contributed by atoms with Gasteiger partial charge in [-0.15, -0.1) is 0 Å². The van der Waals surface area contributed by atoms with Crippen molar-refractivity contribution >= 4 is 23.8 Å². The maximum atomic E-state index is 12.0. The Balaban J connectivity index is 1.62. The van der Waals surface area contributed by atoms with Crippen molar-refractivity contribution in [2.24, 2.45) is 0 Å². The Labute approximate surface area is 155 Å². The van der Waals surface area contributed by atoms with Crippen molar-refractivity contribution in [1.29, 1.82) is 0 Å². The van der Waals surface area contributed by atoms with Gasteiger partial charge in [-0.3, -0.25) is 19.2 Å². The van der Waals surface area contributed by atoms with Crippen molar-refractivity contribution in [3.05, 3.63) is 23.8 Å². The van der Waals surface area contributed by atoms with E-state index in [1.165, 1.54) is 19.2 Å². The van der Waals surface area contributed by atoms with Gasteiger partial charge in [-0.05, 0) is 24.6 Å². The molecule has 1 aromatic rings. The molecule has 2 N–H and O–H groups in total. The number of carbonyl (C=O) groups is 4. The van der Waals surface area contributed by atoms with Gasteiger partial charge >= 0.3 is 11.9 Å². The molecule has 146 valence electrons. The third-order valence-electron chi connectivity index (χ3n) is 3.50. The van der Waals surface area contributed by atoms with E-state index in [1.54, 1.807) is 6.07 Å². The highest BCUT2D eigenvalue weighted by Gasteiger charge is 2.17. The largest absolute Gasteiger partial charge is 0.469 e. The molecule has 10 nitrogen and oxygen atoms in total. The minimum Gasteiger partial charge on any atom is -0.469 e. The molecule has 10 heteroatoms. The zero-order valence-corrected chi connectivity index (χ0v) is 14.7. The van der Waals surface area contributed by atoms with Crippen LogP contribution in [0, 0.1) is 0 Å². The summed E-state index contributed by atoms with van der Waals surface area (Å²) in [5, 5.41) is 4.89. The summed E-state index contributed by atoms with van der Waals surface area (Å²) in [7, 11) is 1.28. The monoisotopic (exact) mass is 380 g/mol. The summed E-state index contributed by atoms with van der Waals surface area (Å²) in [5.74, 6) is -1.12. The molecule has 0 unspecified atom stereocenters. The predicted molar refractivity (Wildman–Crippen MR) is 90.1 cm³/mol. The molecule has 1 heterocycles.